The quantitative estimate of drug-likeness (QED) is 0.530. The fourth-order valence-electron chi connectivity index (χ4n) is 3.57. The highest BCUT2D eigenvalue weighted by Gasteiger charge is 2.31. The van der Waals surface area contributed by atoms with Crippen LogP contribution in [0, 0.1) is 0 Å². The molecule has 2 heterocycles. The van der Waals surface area contributed by atoms with Crippen LogP contribution in [0.4, 0.5) is 4.79 Å². The summed E-state index contributed by atoms with van der Waals surface area (Å²) in [5.74, 6) is 1.65. The van der Waals surface area contributed by atoms with Crippen molar-refractivity contribution in [2.24, 2.45) is 0 Å². The smallest absolute Gasteiger partial charge is 0.287 e. The molecule has 2 aromatic rings. The van der Waals surface area contributed by atoms with E-state index in [1.54, 1.807) is 17.0 Å². The zero-order valence-corrected chi connectivity index (χ0v) is 19.2. The van der Waals surface area contributed by atoms with E-state index < -0.39 is 6.04 Å². The molecule has 0 bridgehead atoms. The topological polar surface area (TPSA) is 94.2 Å². The summed E-state index contributed by atoms with van der Waals surface area (Å²) in [4.78, 5) is 37.5. The Labute approximate surface area is 196 Å². The molecule has 0 radical (unpaired) electrons. The number of hydrogen-bond donors (Lipinski definition) is 1. The first kappa shape index (κ1) is 23.0. The summed E-state index contributed by atoms with van der Waals surface area (Å²) >= 11 is 0.713. The van der Waals surface area contributed by atoms with Crippen molar-refractivity contribution in [3.05, 3.63) is 53.6 Å². The molecule has 0 aliphatic carbocycles. The first-order valence-corrected chi connectivity index (χ1v) is 11.8. The Bertz CT molecular complexity index is 1030. The van der Waals surface area contributed by atoms with Crippen LogP contribution in [-0.4, -0.2) is 53.7 Å². The second-order valence-electron chi connectivity index (χ2n) is 7.78. The molecule has 4 rings (SSSR count). The zero-order valence-electron chi connectivity index (χ0n) is 18.4. The maximum absolute atomic E-state index is 12.9. The first-order chi connectivity index (χ1) is 16.0. The van der Waals surface area contributed by atoms with E-state index >= 15 is 0 Å². The number of ether oxygens (including phenoxy) is 3. The number of hydrogen-bond acceptors (Lipinski definition) is 7. The van der Waals surface area contributed by atoms with Crippen LogP contribution in [0.3, 0.4) is 0 Å². The molecule has 1 N–H and O–H groups in total. The van der Waals surface area contributed by atoms with Crippen LogP contribution < -0.4 is 19.5 Å². The molecule has 33 heavy (non-hydrogen) atoms. The fourth-order valence-corrected chi connectivity index (χ4v) is 4.24. The Morgan fingerprint density at radius 3 is 2.64 bits per heavy atom. The van der Waals surface area contributed by atoms with Crippen LogP contribution >= 0.6 is 11.8 Å². The number of fused-ring (bicyclic) bond motifs is 1. The molecule has 1 fully saturated rings. The standard InChI is InChI=1S/C24H26N2O6S/c1-2-3-12-31-20-6-4-5-18-21(20)32-15-26(22(18)27)11-13-30-17-9-7-16(8-10-17)14-19-23(28)33-24(29)25-19/h4-10,19H,2-3,11-15H2,1H3,(H,25,29). The molecule has 1 unspecified atom stereocenters. The lowest BCUT2D eigenvalue weighted by Gasteiger charge is -2.29. The van der Waals surface area contributed by atoms with Crippen LogP contribution in [0.2, 0.25) is 0 Å². The van der Waals surface area contributed by atoms with Gasteiger partial charge in [0.25, 0.3) is 11.1 Å². The summed E-state index contributed by atoms with van der Waals surface area (Å²) in [7, 11) is 0. The van der Waals surface area contributed by atoms with E-state index in [4.69, 9.17) is 14.2 Å². The minimum absolute atomic E-state index is 0.114. The predicted molar refractivity (Wildman–Crippen MR) is 124 cm³/mol. The average molecular weight is 471 g/mol. The molecular weight excluding hydrogens is 444 g/mol. The van der Waals surface area contributed by atoms with E-state index in [0.717, 1.165) is 18.4 Å². The Morgan fingerprint density at radius 2 is 1.91 bits per heavy atom. The largest absolute Gasteiger partial charge is 0.492 e. The summed E-state index contributed by atoms with van der Waals surface area (Å²) in [5, 5.41) is 2.19. The summed E-state index contributed by atoms with van der Waals surface area (Å²) in [6, 6.07) is 12.2. The van der Waals surface area contributed by atoms with Gasteiger partial charge in [0.2, 0.25) is 5.12 Å². The van der Waals surface area contributed by atoms with E-state index in [-0.39, 0.29) is 23.0 Å². The summed E-state index contributed by atoms with van der Waals surface area (Å²) in [5.41, 5.74) is 1.42. The van der Waals surface area contributed by atoms with Crippen molar-refractivity contribution in [3.8, 4) is 17.2 Å². The van der Waals surface area contributed by atoms with Crippen molar-refractivity contribution in [1.29, 1.82) is 0 Å². The van der Waals surface area contributed by atoms with Gasteiger partial charge in [0.15, 0.2) is 18.2 Å². The van der Waals surface area contributed by atoms with E-state index in [9.17, 15) is 14.4 Å². The molecule has 0 aromatic heterocycles. The van der Waals surface area contributed by atoms with Crippen molar-refractivity contribution in [3.63, 3.8) is 0 Å². The van der Waals surface area contributed by atoms with E-state index in [2.05, 4.69) is 12.2 Å². The second-order valence-corrected chi connectivity index (χ2v) is 8.76. The minimum atomic E-state index is -0.486. The molecule has 8 nitrogen and oxygen atoms in total. The number of carbonyl (C=O) groups is 3. The number of rotatable bonds is 10. The second kappa shape index (κ2) is 10.6. The number of thioether (sulfide) groups is 1. The first-order valence-electron chi connectivity index (χ1n) is 11.0. The third kappa shape index (κ3) is 5.60. The van der Waals surface area contributed by atoms with Gasteiger partial charge in [0.05, 0.1) is 18.7 Å². The van der Waals surface area contributed by atoms with E-state index in [0.29, 0.717) is 60.8 Å². The maximum Gasteiger partial charge on any atom is 0.287 e. The van der Waals surface area contributed by atoms with Crippen LogP contribution in [0.5, 0.6) is 17.2 Å². The summed E-state index contributed by atoms with van der Waals surface area (Å²) in [6.07, 6.45) is 2.42. The van der Waals surface area contributed by atoms with Gasteiger partial charge in [-0.05, 0) is 36.2 Å². The Morgan fingerprint density at radius 1 is 1.09 bits per heavy atom. The monoisotopic (exact) mass is 470 g/mol. The van der Waals surface area contributed by atoms with Gasteiger partial charge in [0.1, 0.15) is 18.4 Å². The molecule has 0 saturated carbocycles. The Kier molecular flexibility index (Phi) is 7.39. The van der Waals surface area contributed by atoms with Gasteiger partial charge in [-0.15, -0.1) is 0 Å². The predicted octanol–water partition coefficient (Wildman–Crippen LogP) is 3.63. The molecule has 1 atom stereocenters. The number of carbonyl (C=O) groups excluding carboxylic acids is 3. The highest BCUT2D eigenvalue weighted by molar-refractivity contribution is 8.26. The number of nitrogens with zero attached hydrogens (tertiary/aromatic N) is 1. The molecular formula is C24H26N2O6S. The highest BCUT2D eigenvalue weighted by Crippen LogP contribution is 2.35. The lowest BCUT2D eigenvalue weighted by Crippen LogP contribution is -2.41. The summed E-state index contributed by atoms with van der Waals surface area (Å²) < 4.78 is 17.4. The summed E-state index contributed by atoms with van der Waals surface area (Å²) in [6.45, 7) is 3.51. The fraction of sp³-hybridized carbons (Fsp3) is 0.375. The van der Waals surface area contributed by atoms with Gasteiger partial charge in [-0.2, -0.15) is 0 Å². The zero-order chi connectivity index (χ0) is 23.2. The lowest BCUT2D eigenvalue weighted by atomic mass is 10.1. The number of nitrogens with one attached hydrogen (secondary N) is 1. The van der Waals surface area contributed by atoms with Crippen LogP contribution in [0.15, 0.2) is 42.5 Å². The van der Waals surface area contributed by atoms with Crippen LogP contribution in [0.1, 0.15) is 35.7 Å². The molecule has 2 aliphatic rings. The molecule has 2 aromatic carbocycles. The van der Waals surface area contributed by atoms with E-state index in [1.165, 1.54) is 0 Å². The molecule has 0 spiro atoms. The minimum Gasteiger partial charge on any atom is -0.492 e. The van der Waals surface area contributed by atoms with Gasteiger partial charge < -0.3 is 24.4 Å². The van der Waals surface area contributed by atoms with Gasteiger partial charge in [-0.3, -0.25) is 14.4 Å². The van der Waals surface area contributed by atoms with Crippen molar-refractivity contribution >= 4 is 28.0 Å². The third-order valence-corrected chi connectivity index (χ3v) is 6.17. The van der Waals surface area contributed by atoms with Gasteiger partial charge >= 0.3 is 0 Å². The van der Waals surface area contributed by atoms with E-state index in [1.807, 2.05) is 30.3 Å². The molecule has 9 heteroatoms. The van der Waals surface area contributed by atoms with Crippen LogP contribution in [-0.2, 0) is 11.2 Å². The Hall–Kier alpha value is -3.20. The third-order valence-electron chi connectivity index (χ3n) is 5.38. The van der Waals surface area contributed by atoms with Gasteiger partial charge in [0, 0.05) is 18.2 Å². The highest BCUT2D eigenvalue weighted by atomic mass is 32.2. The molecule has 174 valence electrons. The van der Waals surface area contributed by atoms with Crippen molar-refractivity contribution < 1.29 is 28.6 Å². The Balaban J connectivity index is 1.27. The number of unbranched alkanes of at least 4 members (excludes halogenated alkanes) is 1. The SMILES string of the molecule is CCCCOc1cccc2c1OCN(CCOc1ccc(CC3NC(=O)SC3=O)cc1)C2=O. The van der Waals surface area contributed by atoms with Crippen molar-refractivity contribution in [2.45, 2.75) is 32.2 Å². The molecule has 2 aliphatic heterocycles. The normalized spacial score (nSPS) is 17.4. The molecule has 1 saturated heterocycles. The lowest BCUT2D eigenvalue weighted by molar-refractivity contribution is -0.112. The number of amides is 2. The maximum atomic E-state index is 12.9. The van der Waals surface area contributed by atoms with Gasteiger partial charge in [-0.1, -0.05) is 31.5 Å². The number of para-hydroxylation sites is 1. The van der Waals surface area contributed by atoms with Crippen LogP contribution in [0.25, 0.3) is 0 Å². The van der Waals surface area contributed by atoms with Crippen molar-refractivity contribution in [2.75, 3.05) is 26.5 Å². The molecule has 2 amide bonds. The van der Waals surface area contributed by atoms with Crippen molar-refractivity contribution in [1.82, 2.24) is 10.2 Å². The average Bonchev–Trinajstić information content (AvgIpc) is 3.13. The van der Waals surface area contributed by atoms with Gasteiger partial charge in [-0.25, -0.2) is 0 Å². The number of benzene rings is 2.